The van der Waals surface area contributed by atoms with Gasteiger partial charge in [0.15, 0.2) is 0 Å². The number of H-pyrrole nitrogens is 1. The first kappa shape index (κ1) is 16.4. The Hall–Kier alpha value is -2.50. The monoisotopic (exact) mass is 328 g/mol. The lowest BCUT2D eigenvalue weighted by molar-refractivity contribution is 0.0673. The van der Waals surface area contributed by atoms with Crippen LogP contribution in [0.25, 0.3) is 0 Å². The molecule has 1 aromatic carbocycles. The SMILES string of the molecule is CCc1[nH]ncc1C(=O)N1CCN(c2ccc(OC)cc2)C[C@@H]1C. The van der Waals surface area contributed by atoms with Crippen LogP contribution in [0.1, 0.15) is 29.9 Å². The maximum Gasteiger partial charge on any atom is 0.257 e. The number of rotatable bonds is 4. The summed E-state index contributed by atoms with van der Waals surface area (Å²) < 4.78 is 5.21. The molecule has 0 saturated carbocycles. The van der Waals surface area contributed by atoms with Crippen molar-refractivity contribution in [1.29, 1.82) is 0 Å². The molecule has 2 heterocycles. The van der Waals surface area contributed by atoms with Crippen LogP contribution in [0.15, 0.2) is 30.5 Å². The van der Waals surface area contributed by atoms with E-state index in [4.69, 9.17) is 4.74 Å². The van der Waals surface area contributed by atoms with Crippen LogP contribution in [0.3, 0.4) is 0 Å². The third kappa shape index (κ3) is 3.09. The molecular weight excluding hydrogens is 304 g/mol. The number of aryl methyl sites for hydroxylation is 1. The van der Waals surface area contributed by atoms with E-state index < -0.39 is 0 Å². The third-order valence-corrected chi connectivity index (χ3v) is 4.63. The van der Waals surface area contributed by atoms with E-state index in [0.29, 0.717) is 12.1 Å². The Balaban J connectivity index is 1.69. The molecule has 1 amide bonds. The molecule has 1 fully saturated rings. The van der Waals surface area contributed by atoms with Gasteiger partial charge in [0.25, 0.3) is 5.91 Å². The second-order valence-corrected chi connectivity index (χ2v) is 6.11. The molecule has 1 atom stereocenters. The zero-order chi connectivity index (χ0) is 17.1. The van der Waals surface area contributed by atoms with Crippen LogP contribution < -0.4 is 9.64 Å². The number of ether oxygens (including phenoxy) is 1. The normalized spacial score (nSPS) is 17.9. The van der Waals surface area contributed by atoms with Crippen molar-refractivity contribution in [2.75, 3.05) is 31.6 Å². The van der Waals surface area contributed by atoms with Gasteiger partial charge in [-0.05, 0) is 37.6 Å². The van der Waals surface area contributed by atoms with Gasteiger partial charge in [-0.3, -0.25) is 9.89 Å². The summed E-state index contributed by atoms with van der Waals surface area (Å²) in [6.07, 6.45) is 2.42. The van der Waals surface area contributed by atoms with Crippen LogP contribution in [0.5, 0.6) is 5.75 Å². The number of nitrogens with one attached hydrogen (secondary N) is 1. The van der Waals surface area contributed by atoms with E-state index in [9.17, 15) is 4.79 Å². The summed E-state index contributed by atoms with van der Waals surface area (Å²) in [7, 11) is 1.67. The van der Waals surface area contributed by atoms with Crippen LogP contribution in [0.4, 0.5) is 5.69 Å². The zero-order valence-electron chi connectivity index (χ0n) is 14.5. The maximum absolute atomic E-state index is 12.8. The van der Waals surface area contributed by atoms with Gasteiger partial charge in [-0.2, -0.15) is 5.10 Å². The van der Waals surface area contributed by atoms with Crippen molar-refractivity contribution in [3.8, 4) is 5.75 Å². The lowest BCUT2D eigenvalue weighted by atomic mass is 10.1. The number of carbonyl (C=O) groups is 1. The lowest BCUT2D eigenvalue weighted by Gasteiger charge is -2.41. The summed E-state index contributed by atoms with van der Waals surface area (Å²) in [5.41, 5.74) is 2.76. The fourth-order valence-corrected chi connectivity index (χ4v) is 3.21. The molecule has 1 aliphatic rings. The van der Waals surface area contributed by atoms with Gasteiger partial charge in [0.05, 0.1) is 18.9 Å². The fraction of sp³-hybridized carbons (Fsp3) is 0.444. The second kappa shape index (κ2) is 6.95. The average molecular weight is 328 g/mol. The van der Waals surface area contributed by atoms with Crippen molar-refractivity contribution in [1.82, 2.24) is 15.1 Å². The lowest BCUT2D eigenvalue weighted by Crippen LogP contribution is -2.54. The first-order chi connectivity index (χ1) is 11.6. The first-order valence-corrected chi connectivity index (χ1v) is 8.36. The highest BCUT2D eigenvalue weighted by Crippen LogP contribution is 2.23. The Bertz CT molecular complexity index is 695. The number of aromatic nitrogens is 2. The number of carbonyl (C=O) groups excluding carboxylic acids is 1. The van der Waals surface area contributed by atoms with Gasteiger partial charge in [-0.15, -0.1) is 0 Å². The molecule has 0 aliphatic carbocycles. The van der Waals surface area contributed by atoms with Crippen LogP contribution >= 0.6 is 0 Å². The van der Waals surface area contributed by atoms with Crippen LogP contribution in [-0.2, 0) is 6.42 Å². The number of anilines is 1. The molecule has 0 bridgehead atoms. The van der Waals surface area contributed by atoms with Gasteiger partial charge < -0.3 is 14.5 Å². The molecule has 1 aromatic heterocycles. The largest absolute Gasteiger partial charge is 0.497 e. The topological polar surface area (TPSA) is 61.5 Å². The minimum absolute atomic E-state index is 0.0717. The third-order valence-electron chi connectivity index (χ3n) is 4.63. The molecule has 1 saturated heterocycles. The molecule has 0 radical (unpaired) electrons. The van der Waals surface area contributed by atoms with Crippen molar-refractivity contribution >= 4 is 11.6 Å². The average Bonchev–Trinajstić information content (AvgIpc) is 3.10. The molecule has 1 aliphatic heterocycles. The summed E-state index contributed by atoms with van der Waals surface area (Å²) in [6, 6.07) is 8.21. The van der Waals surface area contributed by atoms with Gasteiger partial charge in [-0.1, -0.05) is 6.92 Å². The smallest absolute Gasteiger partial charge is 0.257 e. The predicted molar refractivity (Wildman–Crippen MR) is 93.7 cm³/mol. The van der Waals surface area contributed by atoms with Crippen LogP contribution in [-0.4, -0.2) is 53.8 Å². The van der Waals surface area contributed by atoms with Crippen molar-refractivity contribution in [2.45, 2.75) is 26.3 Å². The molecule has 0 spiro atoms. The van der Waals surface area contributed by atoms with E-state index >= 15 is 0 Å². The van der Waals surface area contributed by atoms with Crippen LogP contribution in [0, 0.1) is 0 Å². The van der Waals surface area contributed by atoms with E-state index in [1.54, 1.807) is 13.3 Å². The summed E-state index contributed by atoms with van der Waals surface area (Å²) in [6.45, 7) is 6.47. The Morgan fingerprint density at radius 1 is 1.33 bits per heavy atom. The summed E-state index contributed by atoms with van der Waals surface area (Å²) in [4.78, 5) is 17.1. The first-order valence-electron chi connectivity index (χ1n) is 8.36. The highest BCUT2D eigenvalue weighted by atomic mass is 16.5. The van der Waals surface area contributed by atoms with Crippen molar-refractivity contribution in [3.05, 3.63) is 41.7 Å². The van der Waals surface area contributed by atoms with Crippen molar-refractivity contribution < 1.29 is 9.53 Å². The Morgan fingerprint density at radius 2 is 2.08 bits per heavy atom. The number of benzene rings is 1. The maximum atomic E-state index is 12.8. The van der Waals surface area contributed by atoms with Gasteiger partial charge in [0, 0.05) is 37.1 Å². The van der Waals surface area contributed by atoms with Crippen molar-refractivity contribution in [2.24, 2.45) is 0 Å². The molecule has 0 unspecified atom stereocenters. The quantitative estimate of drug-likeness (QED) is 0.936. The van der Waals surface area contributed by atoms with Gasteiger partial charge in [-0.25, -0.2) is 0 Å². The predicted octanol–water partition coefficient (Wildman–Crippen LogP) is 2.33. The van der Waals surface area contributed by atoms with E-state index in [1.165, 1.54) is 0 Å². The highest BCUT2D eigenvalue weighted by molar-refractivity contribution is 5.95. The second-order valence-electron chi connectivity index (χ2n) is 6.11. The van der Waals surface area contributed by atoms with Crippen LogP contribution in [0.2, 0.25) is 0 Å². The van der Waals surface area contributed by atoms with E-state index in [2.05, 4.69) is 34.2 Å². The molecule has 3 rings (SSSR count). The van der Waals surface area contributed by atoms with Gasteiger partial charge in [0.1, 0.15) is 5.75 Å². The summed E-state index contributed by atoms with van der Waals surface area (Å²) in [5.74, 6) is 0.926. The minimum Gasteiger partial charge on any atom is -0.497 e. The molecule has 6 heteroatoms. The van der Waals surface area contributed by atoms with Crippen molar-refractivity contribution in [3.63, 3.8) is 0 Å². The summed E-state index contributed by atoms with van der Waals surface area (Å²) >= 11 is 0. The zero-order valence-corrected chi connectivity index (χ0v) is 14.5. The molecule has 1 N–H and O–H groups in total. The number of hydrogen-bond donors (Lipinski definition) is 1. The molecule has 2 aromatic rings. The number of methoxy groups -OCH3 is 1. The highest BCUT2D eigenvalue weighted by Gasteiger charge is 2.29. The van der Waals surface area contributed by atoms with E-state index in [1.807, 2.05) is 24.0 Å². The van der Waals surface area contributed by atoms with Gasteiger partial charge in [0.2, 0.25) is 0 Å². The molecule has 6 nitrogen and oxygen atoms in total. The Labute approximate surface area is 142 Å². The minimum atomic E-state index is 0.0717. The van der Waals surface area contributed by atoms with E-state index in [-0.39, 0.29) is 11.9 Å². The standard InChI is InChI=1S/C18H24N4O2/c1-4-17-16(11-19-20-17)18(23)22-10-9-21(12-13(22)2)14-5-7-15(24-3)8-6-14/h5-8,11,13H,4,9-10,12H2,1-3H3,(H,19,20)/t13-/m0/s1. The molecule has 24 heavy (non-hydrogen) atoms. The molecular formula is C18H24N4O2. The van der Waals surface area contributed by atoms with Gasteiger partial charge >= 0.3 is 0 Å². The molecule has 128 valence electrons. The summed E-state index contributed by atoms with van der Waals surface area (Å²) in [5, 5.41) is 6.93. The number of piperazine rings is 1. The Kier molecular flexibility index (Phi) is 4.74. The fourth-order valence-electron chi connectivity index (χ4n) is 3.21. The number of aromatic amines is 1. The number of amides is 1. The number of hydrogen-bond acceptors (Lipinski definition) is 4. The number of nitrogens with zero attached hydrogens (tertiary/aromatic N) is 3. The Morgan fingerprint density at radius 3 is 2.71 bits per heavy atom. The van der Waals surface area contributed by atoms with E-state index in [0.717, 1.165) is 36.6 Å².